The first kappa shape index (κ1) is 19.0. The largest absolute Gasteiger partial charge is 0.483 e. The molecule has 0 aromatic heterocycles. The lowest BCUT2D eigenvalue weighted by atomic mass is 10.1. The average Bonchev–Trinajstić information content (AvgIpc) is 3.49. The molecule has 0 heterocycles. The molecule has 5 nitrogen and oxygen atoms in total. The molecule has 27 heavy (non-hydrogen) atoms. The third-order valence-electron chi connectivity index (χ3n) is 5.07. The van der Waals surface area contributed by atoms with Gasteiger partial charge in [-0.15, -0.1) is 0 Å². The van der Waals surface area contributed by atoms with Gasteiger partial charge in [0.1, 0.15) is 5.75 Å². The summed E-state index contributed by atoms with van der Waals surface area (Å²) in [5.74, 6) is 0.257. The van der Waals surface area contributed by atoms with Crippen molar-refractivity contribution in [2.75, 3.05) is 6.61 Å². The highest BCUT2D eigenvalue weighted by atomic mass is 16.5. The number of benzene rings is 2. The van der Waals surface area contributed by atoms with Gasteiger partial charge in [-0.05, 0) is 55.9 Å². The molecule has 5 heteroatoms. The topological polar surface area (TPSA) is 72.6 Å². The van der Waals surface area contributed by atoms with Gasteiger partial charge >= 0.3 is 0 Å². The maximum Gasteiger partial charge on any atom is 0.261 e. The van der Waals surface area contributed by atoms with E-state index >= 15 is 0 Å². The first-order valence-corrected chi connectivity index (χ1v) is 9.32. The quantitative estimate of drug-likeness (QED) is 0.779. The molecule has 0 aliphatic heterocycles. The van der Waals surface area contributed by atoms with Crippen LogP contribution in [0.4, 0.5) is 0 Å². The highest BCUT2D eigenvalue weighted by molar-refractivity contribution is 5.95. The predicted molar refractivity (Wildman–Crippen MR) is 104 cm³/mol. The number of primary amides is 1. The number of carbonyl (C=O) groups excluding carboxylic acids is 2. The van der Waals surface area contributed by atoms with Crippen molar-refractivity contribution in [1.82, 2.24) is 4.90 Å². The van der Waals surface area contributed by atoms with Gasteiger partial charge in [-0.3, -0.25) is 9.59 Å². The van der Waals surface area contributed by atoms with Gasteiger partial charge in [-0.2, -0.15) is 0 Å². The summed E-state index contributed by atoms with van der Waals surface area (Å²) in [6, 6.07) is 15.3. The molecule has 3 rings (SSSR count). The van der Waals surface area contributed by atoms with Crippen LogP contribution in [0.5, 0.6) is 5.75 Å². The van der Waals surface area contributed by atoms with E-state index < -0.39 is 5.91 Å². The summed E-state index contributed by atoms with van der Waals surface area (Å²) in [7, 11) is 0. The zero-order valence-electron chi connectivity index (χ0n) is 15.9. The lowest BCUT2D eigenvalue weighted by molar-refractivity contribution is -0.136. The molecule has 1 fully saturated rings. The van der Waals surface area contributed by atoms with Gasteiger partial charge in [0.25, 0.3) is 11.8 Å². The SMILES string of the molecule is Cc1ccc(C(N)=O)c(OCC(=O)N(Cc2ccccc2)C(C)C2CC2)c1. The van der Waals surface area contributed by atoms with Crippen molar-refractivity contribution in [2.24, 2.45) is 11.7 Å². The van der Waals surface area contributed by atoms with Crippen LogP contribution in [0.25, 0.3) is 0 Å². The van der Waals surface area contributed by atoms with E-state index in [4.69, 9.17) is 10.5 Å². The smallest absolute Gasteiger partial charge is 0.261 e. The van der Waals surface area contributed by atoms with Gasteiger partial charge in [0.15, 0.2) is 6.61 Å². The number of rotatable bonds is 8. The number of carbonyl (C=O) groups is 2. The molecule has 1 aliphatic carbocycles. The van der Waals surface area contributed by atoms with E-state index in [0.29, 0.717) is 23.8 Å². The molecule has 0 saturated heterocycles. The molecule has 1 unspecified atom stereocenters. The monoisotopic (exact) mass is 366 g/mol. The second-order valence-electron chi connectivity index (χ2n) is 7.24. The standard InChI is InChI=1S/C22H26N2O3/c1-15-8-11-19(22(23)26)20(12-15)27-14-21(25)24(16(2)18-9-10-18)13-17-6-4-3-5-7-17/h3-8,11-12,16,18H,9-10,13-14H2,1-2H3,(H2,23,26). The van der Waals surface area contributed by atoms with E-state index in [1.807, 2.05) is 42.2 Å². The Morgan fingerprint density at radius 3 is 2.52 bits per heavy atom. The predicted octanol–water partition coefficient (Wildman–Crippen LogP) is 3.30. The second-order valence-corrected chi connectivity index (χ2v) is 7.24. The highest BCUT2D eigenvalue weighted by Crippen LogP contribution is 2.35. The minimum Gasteiger partial charge on any atom is -0.483 e. The van der Waals surface area contributed by atoms with Gasteiger partial charge < -0.3 is 15.4 Å². The van der Waals surface area contributed by atoms with Crippen LogP contribution >= 0.6 is 0 Å². The number of aryl methyl sites for hydroxylation is 1. The Balaban J connectivity index is 1.73. The Morgan fingerprint density at radius 1 is 1.19 bits per heavy atom. The van der Waals surface area contributed by atoms with E-state index in [-0.39, 0.29) is 18.6 Å². The molecule has 2 N–H and O–H groups in total. The van der Waals surface area contributed by atoms with Crippen LogP contribution in [-0.2, 0) is 11.3 Å². The van der Waals surface area contributed by atoms with Crippen LogP contribution in [0.1, 0.15) is 41.3 Å². The summed E-state index contributed by atoms with van der Waals surface area (Å²) in [4.78, 5) is 26.4. The summed E-state index contributed by atoms with van der Waals surface area (Å²) < 4.78 is 5.72. The third kappa shape index (κ3) is 4.88. The van der Waals surface area contributed by atoms with Crippen molar-refractivity contribution in [2.45, 2.75) is 39.3 Å². The molecule has 0 spiro atoms. The van der Waals surface area contributed by atoms with E-state index in [1.165, 1.54) is 0 Å². The maximum absolute atomic E-state index is 12.9. The van der Waals surface area contributed by atoms with E-state index in [1.54, 1.807) is 18.2 Å². The number of hydrogen-bond donors (Lipinski definition) is 1. The summed E-state index contributed by atoms with van der Waals surface area (Å²) in [6.07, 6.45) is 2.31. The number of amides is 2. The van der Waals surface area contributed by atoms with Gasteiger partial charge in [-0.25, -0.2) is 0 Å². The fraction of sp³-hybridized carbons (Fsp3) is 0.364. The van der Waals surface area contributed by atoms with E-state index in [0.717, 1.165) is 24.0 Å². The Hall–Kier alpha value is -2.82. The van der Waals surface area contributed by atoms with Gasteiger partial charge in [-0.1, -0.05) is 36.4 Å². The van der Waals surface area contributed by atoms with Crippen molar-refractivity contribution in [3.8, 4) is 5.75 Å². The summed E-state index contributed by atoms with van der Waals surface area (Å²) in [5.41, 5.74) is 7.73. The summed E-state index contributed by atoms with van der Waals surface area (Å²) in [5, 5.41) is 0. The Bertz CT molecular complexity index is 816. The molecule has 2 amide bonds. The zero-order chi connectivity index (χ0) is 19.4. The number of ether oxygens (including phenoxy) is 1. The van der Waals surface area contributed by atoms with Crippen molar-refractivity contribution >= 4 is 11.8 Å². The van der Waals surface area contributed by atoms with Crippen LogP contribution in [0.3, 0.4) is 0 Å². The van der Waals surface area contributed by atoms with E-state index in [2.05, 4.69) is 6.92 Å². The first-order chi connectivity index (χ1) is 13.0. The van der Waals surface area contributed by atoms with Crippen LogP contribution in [0.2, 0.25) is 0 Å². The van der Waals surface area contributed by atoms with Crippen molar-refractivity contribution in [1.29, 1.82) is 0 Å². The van der Waals surface area contributed by atoms with E-state index in [9.17, 15) is 9.59 Å². The number of hydrogen-bond acceptors (Lipinski definition) is 3. The molecule has 2 aromatic carbocycles. The lowest BCUT2D eigenvalue weighted by Gasteiger charge is -2.29. The van der Waals surface area contributed by atoms with Gasteiger partial charge in [0.05, 0.1) is 5.56 Å². The minimum atomic E-state index is -0.565. The molecule has 0 bridgehead atoms. The van der Waals surface area contributed by atoms with Gasteiger partial charge in [0.2, 0.25) is 0 Å². The van der Waals surface area contributed by atoms with Crippen molar-refractivity contribution in [3.05, 3.63) is 65.2 Å². The molecule has 1 aliphatic rings. The molecular weight excluding hydrogens is 340 g/mol. The summed E-state index contributed by atoms with van der Waals surface area (Å²) in [6.45, 7) is 4.43. The second kappa shape index (κ2) is 8.25. The Morgan fingerprint density at radius 2 is 1.89 bits per heavy atom. The van der Waals surface area contributed by atoms with Crippen molar-refractivity contribution < 1.29 is 14.3 Å². The molecule has 0 radical (unpaired) electrons. The molecule has 2 aromatic rings. The average molecular weight is 366 g/mol. The fourth-order valence-corrected chi connectivity index (χ4v) is 3.25. The Labute approximate surface area is 160 Å². The molecular formula is C22H26N2O3. The van der Waals surface area contributed by atoms with Crippen LogP contribution in [0, 0.1) is 12.8 Å². The fourth-order valence-electron chi connectivity index (χ4n) is 3.25. The highest BCUT2D eigenvalue weighted by Gasteiger charge is 2.34. The normalized spacial score (nSPS) is 14.4. The van der Waals surface area contributed by atoms with Crippen molar-refractivity contribution in [3.63, 3.8) is 0 Å². The molecule has 1 saturated carbocycles. The lowest BCUT2D eigenvalue weighted by Crippen LogP contribution is -2.42. The molecule has 142 valence electrons. The first-order valence-electron chi connectivity index (χ1n) is 9.32. The van der Waals surface area contributed by atoms with Crippen LogP contribution in [0.15, 0.2) is 48.5 Å². The van der Waals surface area contributed by atoms with Gasteiger partial charge in [0, 0.05) is 12.6 Å². The Kier molecular flexibility index (Phi) is 5.79. The summed E-state index contributed by atoms with van der Waals surface area (Å²) >= 11 is 0. The number of nitrogens with two attached hydrogens (primary N) is 1. The maximum atomic E-state index is 12.9. The van der Waals surface area contributed by atoms with Crippen LogP contribution < -0.4 is 10.5 Å². The number of nitrogens with zero attached hydrogens (tertiary/aromatic N) is 1. The minimum absolute atomic E-state index is 0.0878. The molecule has 1 atom stereocenters. The van der Waals surface area contributed by atoms with Crippen LogP contribution in [-0.4, -0.2) is 29.4 Å². The third-order valence-corrected chi connectivity index (χ3v) is 5.07. The zero-order valence-corrected chi connectivity index (χ0v) is 15.9.